The van der Waals surface area contributed by atoms with Gasteiger partial charge in [-0.25, -0.2) is 4.79 Å². The van der Waals surface area contributed by atoms with Crippen molar-refractivity contribution in [2.45, 2.75) is 44.2 Å². The van der Waals surface area contributed by atoms with Gasteiger partial charge in [0, 0.05) is 0 Å². The van der Waals surface area contributed by atoms with E-state index in [9.17, 15) is 9.90 Å². The summed E-state index contributed by atoms with van der Waals surface area (Å²) in [5.41, 5.74) is 0.668. The van der Waals surface area contributed by atoms with Crippen LogP contribution in [-0.2, 0) is 0 Å². The molecule has 2 aliphatic carbocycles. The maximum atomic E-state index is 12.3. The first-order valence-electron chi connectivity index (χ1n) is 7.87. The number of carbonyl (C=O) groups excluding carboxylic acids is 1. The summed E-state index contributed by atoms with van der Waals surface area (Å²) in [6.07, 6.45) is 4.50. The second-order valence-corrected chi connectivity index (χ2v) is 6.67. The fourth-order valence-electron chi connectivity index (χ4n) is 2.99. The Labute approximate surface area is 125 Å². The summed E-state index contributed by atoms with van der Waals surface area (Å²) in [5, 5.41) is 15.7. The fraction of sp³-hybridized carbons (Fsp3) is 0.588. The molecule has 114 valence electrons. The van der Waals surface area contributed by atoms with Crippen LogP contribution in [0.2, 0.25) is 0 Å². The SMILES string of the molecule is CC(CO)(NC(=O)NC(c1ccccc1)C1CC1)C1CC1. The van der Waals surface area contributed by atoms with Crippen molar-refractivity contribution < 1.29 is 9.90 Å². The van der Waals surface area contributed by atoms with Gasteiger partial charge in [-0.15, -0.1) is 0 Å². The van der Waals surface area contributed by atoms with Crippen LogP contribution in [0.4, 0.5) is 4.79 Å². The molecule has 21 heavy (non-hydrogen) atoms. The van der Waals surface area contributed by atoms with E-state index in [0.717, 1.165) is 18.4 Å². The van der Waals surface area contributed by atoms with Crippen LogP contribution in [0.1, 0.15) is 44.2 Å². The predicted octanol–water partition coefficient (Wildman–Crippen LogP) is 2.60. The molecule has 3 N–H and O–H groups in total. The Balaban J connectivity index is 1.64. The largest absolute Gasteiger partial charge is 0.394 e. The molecule has 2 unspecified atom stereocenters. The number of aliphatic hydroxyl groups is 1. The molecule has 1 aromatic rings. The maximum absolute atomic E-state index is 12.3. The van der Waals surface area contributed by atoms with Crippen LogP contribution in [0.5, 0.6) is 0 Å². The summed E-state index contributed by atoms with van der Waals surface area (Å²) in [5.74, 6) is 0.948. The number of hydrogen-bond donors (Lipinski definition) is 3. The Morgan fingerprint density at radius 2 is 1.95 bits per heavy atom. The molecule has 0 aromatic heterocycles. The Morgan fingerprint density at radius 1 is 1.29 bits per heavy atom. The van der Waals surface area contributed by atoms with Gasteiger partial charge in [-0.1, -0.05) is 30.3 Å². The first kappa shape index (κ1) is 14.4. The third kappa shape index (κ3) is 3.38. The van der Waals surface area contributed by atoms with E-state index in [2.05, 4.69) is 22.8 Å². The standard InChI is InChI=1S/C17H24N2O2/c1-17(11-20,14-9-10-14)19-16(21)18-15(13-7-8-13)12-5-3-2-4-6-12/h2-6,13-15,20H,7-11H2,1H3,(H2,18,19,21). The minimum Gasteiger partial charge on any atom is -0.394 e. The second-order valence-electron chi connectivity index (χ2n) is 6.67. The van der Waals surface area contributed by atoms with Crippen molar-refractivity contribution in [3.05, 3.63) is 35.9 Å². The molecule has 0 radical (unpaired) electrons. The van der Waals surface area contributed by atoms with E-state index < -0.39 is 5.54 Å². The molecule has 2 fully saturated rings. The highest BCUT2D eigenvalue weighted by Gasteiger charge is 2.43. The molecule has 2 amide bonds. The summed E-state index contributed by atoms with van der Waals surface area (Å²) in [6, 6.07) is 10.0. The average molecular weight is 288 g/mol. The van der Waals surface area contributed by atoms with E-state index >= 15 is 0 Å². The first-order chi connectivity index (χ1) is 10.1. The summed E-state index contributed by atoms with van der Waals surface area (Å²) >= 11 is 0. The highest BCUT2D eigenvalue weighted by Crippen LogP contribution is 2.41. The Morgan fingerprint density at radius 3 is 2.48 bits per heavy atom. The number of hydrogen-bond acceptors (Lipinski definition) is 2. The van der Waals surface area contributed by atoms with E-state index in [1.165, 1.54) is 12.8 Å². The van der Waals surface area contributed by atoms with Crippen molar-refractivity contribution in [3.8, 4) is 0 Å². The van der Waals surface area contributed by atoms with Gasteiger partial charge in [0.25, 0.3) is 0 Å². The number of carbonyl (C=O) groups is 1. The Bertz CT molecular complexity index is 497. The number of amides is 2. The van der Waals surface area contributed by atoms with Crippen LogP contribution in [0, 0.1) is 11.8 Å². The summed E-state index contributed by atoms with van der Waals surface area (Å²) in [7, 11) is 0. The van der Waals surface area contributed by atoms with Crippen molar-refractivity contribution >= 4 is 6.03 Å². The van der Waals surface area contributed by atoms with Crippen LogP contribution < -0.4 is 10.6 Å². The highest BCUT2D eigenvalue weighted by atomic mass is 16.3. The lowest BCUT2D eigenvalue weighted by Crippen LogP contribution is -2.54. The molecule has 0 bridgehead atoms. The molecular weight excluding hydrogens is 264 g/mol. The molecule has 3 rings (SSSR count). The highest BCUT2D eigenvalue weighted by molar-refractivity contribution is 5.75. The van der Waals surface area contributed by atoms with Crippen LogP contribution in [0.25, 0.3) is 0 Å². The number of aliphatic hydroxyl groups excluding tert-OH is 1. The van der Waals surface area contributed by atoms with Gasteiger partial charge in [0.05, 0.1) is 18.2 Å². The second kappa shape index (κ2) is 5.68. The zero-order chi connectivity index (χ0) is 14.9. The summed E-state index contributed by atoms with van der Waals surface area (Å²) in [6.45, 7) is 1.92. The van der Waals surface area contributed by atoms with Crippen molar-refractivity contribution in [2.75, 3.05) is 6.61 Å². The molecule has 4 heteroatoms. The van der Waals surface area contributed by atoms with E-state index in [0.29, 0.717) is 11.8 Å². The number of nitrogens with one attached hydrogen (secondary N) is 2. The summed E-state index contributed by atoms with van der Waals surface area (Å²) in [4.78, 5) is 12.3. The van der Waals surface area contributed by atoms with E-state index in [4.69, 9.17) is 0 Å². The lowest BCUT2D eigenvalue weighted by atomic mass is 9.97. The van der Waals surface area contributed by atoms with Gasteiger partial charge in [-0.05, 0) is 50.0 Å². The zero-order valence-electron chi connectivity index (χ0n) is 12.5. The van der Waals surface area contributed by atoms with Crippen LogP contribution >= 0.6 is 0 Å². The van der Waals surface area contributed by atoms with Gasteiger partial charge in [0.2, 0.25) is 0 Å². The Hall–Kier alpha value is -1.55. The van der Waals surface area contributed by atoms with Crippen LogP contribution in [0.15, 0.2) is 30.3 Å². The molecule has 2 saturated carbocycles. The monoisotopic (exact) mass is 288 g/mol. The van der Waals surface area contributed by atoms with E-state index in [-0.39, 0.29) is 18.7 Å². The smallest absolute Gasteiger partial charge is 0.315 e. The number of benzene rings is 1. The van der Waals surface area contributed by atoms with Crippen molar-refractivity contribution in [1.82, 2.24) is 10.6 Å². The van der Waals surface area contributed by atoms with Gasteiger partial charge in [0.15, 0.2) is 0 Å². The minimum atomic E-state index is -0.491. The van der Waals surface area contributed by atoms with Crippen LogP contribution in [0.3, 0.4) is 0 Å². The first-order valence-corrected chi connectivity index (χ1v) is 7.87. The molecule has 0 saturated heterocycles. The number of urea groups is 1. The topological polar surface area (TPSA) is 61.4 Å². The predicted molar refractivity (Wildman–Crippen MR) is 81.8 cm³/mol. The van der Waals surface area contributed by atoms with Gasteiger partial charge in [-0.2, -0.15) is 0 Å². The van der Waals surface area contributed by atoms with Gasteiger partial charge < -0.3 is 15.7 Å². The van der Waals surface area contributed by atoms with Crippen molar-refractivity contribution in [1.29, 1.82) is 0 Å². The number of rotatable bonds is 6. The van der Waals surface area contributed by atoms with Crippen LogP contribution in [-0.4, -0.2) is 23.3 Å². The lowest BCUT2D eigenvalue weighted by molar-refractivity contribution is 0.153. The molecule has 0 heterocycles. The Kier molecular flexibility index (Phi) is 3.89. The molecular formula is C17H24N2O2. The van der Waals surface area contributed by atoms with Gasteiger partial charge >= 0.3 is 6.03 Å². The molecule has 1 aromatic carbocycles. The molecule has 2 aliphatic rings. The lowest BCUT2D eigenvalue weighted by Gasteiger charge is -2.30. The van der Waals surface area contributed by atoms with Crippen molar-refractivity contribution in [3.63, 3.8) is 0 Å². The van der Waals surface area contributed by atoms with Crippen molar-refractivity contribution in [2.24, 2.45) is 11.8 Å². The van der Waals surface area contributed by atoms with E-state index in [1.54, 1.807) is 0 Å². The normalized spacial score (nSPS) is 22.2. The molecule has 0 spiro atoms. The van der Waals surface area contributed by atoms with Gasteiger partial charge in [0.1, 0.15) is 0 Å². The third-order valence-electron chi connectivity index (χ3n) is 4.74. The fourth-order valence-corrected chi connectivity index (χ4v) is 2.99. The third-order valence-corrected chi connectivity index (χ3v) is 4.74. The van der Waals surface area contributed by atoms with E-state index in [1.807, 2.05) is 25.1 Å². The maximum Gasteiger partial charge on any atom is 0.315 e. The zero-order valence-corrected chi connectivity index (χ0v) is 12.5. The quantitative estimate of drug-likeness (QED) is 0.753. The molecule has 2 atom stereocenters. The molecule has 0 aliphatic heterocycles. The average Bonchev–Trinajstić information content (AvgIpc) is 3.37. The minimum absolute atomic E-state index is 0.00941. The van der Waals surface area contributed by atoms with Gasteiger partial charge in [-0.3, -0.25) is 0 Å². The summed E-state index contributed by atoms with van der Waals surface area (Å²) < 4.78 is 0. The molecule has 4 nitrogen and oxygen atoms in total.